The average molecular weight is 367 g/mol. The Labute approximate surface area is 154 Å². The molecule has 26 heavy (non-hydrogen) atoms. The van der Waals surface area contributed by atoms with Crippen LogP contribution in [0, 0.1) is 0 Å². The van der Waals surface area contributed by atoms with E-state index in [9.17, 15) is 14.7 Å². The van der Waals surface area contributed by atoms with Crippen molar-refractivity contribution < 1.29 is 14.7 Å². The van der Waals surface area contributed by atoms with Crippen LogP contribution in [0.5, 0.6) is 0 Å². The summed E-state index contributed by atoms with van der Waals surface area (Å²) in [5.74, 6) is -0.702. The summed E-state index contributed by atoms with van der Waals surface area (Å²) in [5, 5.41) is 14.3. The van der Waals surface area contributed by atoms with Crippen LogP contribution in [-0.2, 0) is 6.54 Å². The number of para-hydroxylation sites is 1. The van der Waals surface area contributed by atoms with Crippen LogP contribution in [0.2, 0.25) is 0 Å². The normalized spacial score (nSPS) is 14.9. The van der Waals surface area contributed by atoms with E-state index in [1.807, 2.05) is 24.3 Å². The first-order valence-corrected chi connectivity index (χ1v) is 9.13. The van der Waals surface area contributed by atoms with Gasteiger partial charge in [0, 0.05) is 13.1 Å². The number of imide groups is 1. The van der Waals surface area contributed by atoms with Gasteiger partial charge in [-0.05, 0) is 24.3 Å². The molecular formula is C19H17N3O3S. The molecule has 6 nitrogen and oxygen atoms in total. The van der Waals surface area contributed by atoms with E-state index in [-0.39, 0.29) is 24.9 Å². The topological polar surface area (TPSA) is 82.5 Å². The number of carbonyl (C=O) groups is 2. The first-order chi connectivity index (χ1) is 12.6. The van der Waals surface area contributed by atoms with Gasteiger partial charge in [-0.25, -0.2) is 4.98 Å². The zero-order valence-electron chi connectivity index (χ0n) is 13.9. The molecule has 0 aliphatic carbocycles. The predicted octanol–water partition coefficient (Wildman–Crippen LogP) is 2.04. The number of nitrogens with zero attached hydrogens (tertiary/aromatic N) is 2. The second-order valence-electron chi connectivity index (χ2n) is 6.13. The van der Waals surface area contributed by atoms with Crippen LogP contribution in [0.15, 0.2) is 48.5 Å². The van der Waals surface area contributed by atoms with Crippen molar-refractivity contribution in [3.05, 3.63) is 64.7 Å². The number of aliphatic hydroxyl groups excluding tert-OH is 1. The molecule has 3 aromatic rings. The Hall–Kier alpha value is -2.61. The Kier molecular flexibility index (Phi) is 4.50. The second kappa shape index (κ2) is 6.95. The van der Waals surface area contributed by atoms with E-state index < -0.39 is 6.10 Å². The largest absolute Gasteiger partial charge is 0.390 e. The molecule has 1 unspecified atom stereocenters. The molecule has 0 bridgehead atoms. The maximum absolute atomic E-state index is 12.3. The standard InChI is InChI=1S/C19H17N3O3S/c23-12(9-20-10-17-21-15-7-3-4-8-16(15)26-17)11-22-18(24)13-5-1-2-6-14(13)19(22)25/h1-8,12,20,23H,9-11H2. The Balaban J connectivity index is 1.32. The number of carbonyl (C=O) groups excluding carboxylic acids is 2. The molecule has 0 saturated carbocycles. The van der Waals surface area contributed by atoms with Crippen LogP contribution in [0.4, 0.5) is 0 Å². The lowest BCUT2D eigenvalue weighted by molar-refractivity contribution is 0.0543. The monoisotopic (exact) mass is 367 g/mol. The van der Waals surface area contributed by atoms with Crippen LogP contribution in [0.25, 0.3) is 10.2 Å². The third-order valence-corrected chi connectivity index (χ3v) is 5.30. The minimum atomic E-state index is -0.841. The molecular weight excluding hydrogens is 350 g/mol. The summed E-state index contributed by atoms with van der Waals surface area (Å²) < 4.78 is 1.12. The van der Waals surface area contributed by atoms with Crippen molar-refractivity contribution in [2.75, 3.05) is 13.1 Å². The fourth-order valence-corrected chi connectivity index (χ4v) is 3.96. The van der Waals surface area contributed by atoms with E-state index >= 15 is 0 Å². The molecule has 2 heterocycles. The van der Waals surface area contributed by atoms with Crippen LogP contribution >= 0.6 is 11.3 Å². The molecule has 0 fully saturated rings. The van der Waals surface area contributed by atoms with E-state index in [1.54, 1.807) is 35.6 Å². The Morgan fingerprint density at radius 2 is 1.69 bits per heavy atom. The minimum Gasteiger partial charge on any atom is -0.390 e. The molecule has 2 aromatic carbocycles. The average Bonchev–Trinajstić information content (AvgIpc) is 3.16. The van der Waals surface area contributed by atoms with Gasteiger partial charge >= 0.3 is 0 Å². The van der Waals surface area contributed by atoms with Gasteiger partial charge in [0.15, 0.2) is 0 Å². The van der Waals surface area contributed by atoms with Crippen molar-refractivity contribution in [2.24, 2.45) is 0 Å². The molecule has 0 saturated heterocycles. The number of nitrogens with one attached hydrogen (secondary N) is 1. The van der Waals surface area contributed by atoms with Gasteiger partial charge in [0.05, 0.1) is 34.0 Å². The van der Waals surface area contributed by atoms with Gasteiger partial charge in [0.2, 0.25) is 0 Å². The van der Waals surface area contributed by atoms with Crippen molar-refractivity contribution in [1.29, 1.82) is 0 Å². The van der Waals surface area contributed by atoms with Crippen molar-refractivity contribution in [2.45, 2.75) is 12.6 Å². The van der Waals surface area contributed by atoms with Gasteiger partial charge in [-0.3, -0.25) is 14.5 Å². The lowest BCUT2D eigenvalue weighted by Gasteiger charge is -2.18. The molecule has 2 amide bonds. The third kappa shape index (κ3) is 3.12. The van der Waals surface area contributed by atoms with Gasteiger partial charge in [-0.1, -0.05) is 24.3 Å². The van der Waals surface area contributed by atoms with Crippen molar-refractivity contribution in [3.63, 3.8) is 0 Å². The summed E-state index contributed by atoms with van der Waals surface area (Å²) in [7, 11) is 0. The van der Waals surface area contributed by atoms with Gasteiger partial charge in [0.25, 0.3) is 11.8 Å². The molecule has 1 aliphatic heterocycles. The fourth-order valence-electron chi connectivity index (χ4n) is 3.02. The zero-order valence-corrected chi connectivity index (χ0v) is 14.7. The summed E-state index contributed by atoms with van der Waals surface area (Å²) in [6, 6.07) is 14.6. The molecule has 0 spiro atoms. The van der Waals surface area contributed by atoms with Gasteiger partial charge < -0.3 is 10.4 Å². The maximum atomic E-state index is 12.3. The summed E-state index contributed by atoms with van der Waals surface area (Å²) in [6.45, 7) is 0.765. The van der Waals surface area contributed by atoms with Gasteiger partial charge in [-0.2, -0.15) is 0 Å². The Morgan fingerprint density at radius 1 is 1.04 bits per heavy atom. The zero-order chi connectivity index (χ0) is 18.1. The summed E-state index contributed by atoms with van der Waals surface area (Å²) in [4.78, 5) is 30.2. The summed E-state index contributed by atoms with van der Waals surface area (Å²) >= 11 is 1.60. The molecule has 1 atom stereocenters. The number of aromatic nitrogens is 1. The van der Waals surface area contributed by atoms with Gasteiger partial charge in [-0.15, -0.1) is 11.3 Å². The number of thiazole rings is 1. The number of rotatable bonds is 6. The molecule has 0 radical (unpaired) electrons. The predicted molar refractivity (Wildman–Crippen MR) is 99.1 cm³/mol. The van der Waals surface area contributed by atoms with Crippen LogP contribution in [0.3, 0.4) is 0 Å². The van der Waals surface area contributed by atoms with E-state index in [1.165, 1.54) is 0 Å². The first-order valence-electron chi connectivity index (χ1n) is 8.32. The highest BCUT2D eigenvalue weighted by Gasteiger charge is 2.35. The molecule has 7 heteroatoms. The lowest BCUT2D eigenvalue weighted by atomic mass is 10.1. The number of hydrogen-bond acceptors (Lipinski definition) is 6. The highest BCUT2D eigenvalue weighted by molar-refractivity contribution is 7.18. The number of benzene rings is 2. The van der Waals surface area contributed by atoms with Crippen LogP contribution < -0.4 is 5.32 Å². The van der Waals surface area contributed by atoms with E-state index in [0.29, 0.717) is 17.7 Å². The first kappa shape index (κ1) is 16.8. The van der Waals surface area contributed by atoms with Crippen molar-refractivity contribution in [1.82, 2.24) is 15.2 Å². The molecule has 2 N–H and O–H groups in total. The Morgan fingerprint density at radius 3 is 2.38 bits per heavy atom. The van der Waals surface area contributed by atoms with Gasteiger partial charge in [0.1, 0.15) is 5.01 Å². The molecule has 1 aliphatic rings. The van der Waals surface area contributed by atoms with Crippen molar-refractivity contribution >= 4 is 33.4 Å². The summed E-state index contributed by atoms with van der Waals surface area (Å²) in [5.41, 5.74) is 1.75. The number of aliphatic hydroxyl groups is 1. The number of amides is 2. The van der Waals surface area contributed by atoms with E-state index in [2.05, 4.69) is 10.3 Å². The quantitative estimate of drug-likeness (QED) is 0.652. The Bertz CT molecular complexity index is 917. The minimum absolute atomic E-state index is 0.0286. The van der Waals surface area contributed by atoms with E-state index in [4.69, 9.17) is 0 Å². The fraction of sp³-hybridized carbons (Fsp3) is 0.211. The summed E-state index contributed by atoms with van der Waals surface area (Å²) in [6.07, 6.45) is -0.841. The maximum Gasteiger partial charge on any atom is 0.261 e. The lowest BCUT2D eigenvalue weighted by Crippen LogP contribution is -2.41. The molecule has 132 valence electrons. The van der Waals surface area contributed by atoms with Crippen LogP contribution in [0.1, 0.15) is 25.7 Å². The highest BCUT2D eigenvalue weighted by atomic mass is 32.1. The molecule has 4 rings (SSSR count). The number of hydrogen-bond donors (Lipinski definition) is 2. The van der Waals surface area contributed by atoms with E-state index in [0.717, 1.165) is 20.1 Å². The third-order valence-electron chi connectivity index (χ3n) is 4.27. The molecule has 1 aromatic heterocycles. The smallest absolute Gasteiger partial charge is 0.261 e. The number of β-amino-alcohol motifs (C(OH)–C–C–N with tert-alkyl or cyclic N) is 1. The second-order valence-corrected chi connectivity index (χ2v) is 7.24. The van der Waals surface area contributed by atoms with Crippen LogP contribution in [-0.4, -0.2) is 46.0 Å². The number of fused-ring (bicyclic) bond motifs is 2. The van der Waals surface area contributed by atoms with Crippen molar-refractivity contribution in [3.8, 4) is 0 Å². The SMILES string of the molecule is O=C1c2ccccc2C(=O)N1CC(O)CNCc1nc2ccccc2s1. The highest BCUT2D eigenvalue weighted by Crippen LogP contribution is 2.23.